The maximum absolute atomic E-state index is 12.6. The maximum atomic E-state index is 12.6. The highest BCUT2D eigenvalue weighted by atomic mass is 32.2. The normalized spacial score (nSPS) is 19.8. The summed E-state index contributed by atoms with van der Waals surface area (Å²) in [5, 5.41) is 4.29. The number of nitrogens with zero attached hydrogens (tertiary/aromatic N) is 2. The molecule has 2 aromatic rings. The van der Waals surface area contributed by atoms with E-state index in [0.717, 1.165) is 12.0 Å². The second-order valence-corrected chi connectivity index (χ2v) is 10.2. The fourth-order valence-electron chi connectivity index (χ4n) is 2.94. The number of rotatable bonds is 5. The fourth-order valence-corrected chi connectivity index (χ4v) is 5.67. The topological polar surface area (TPSA) is 98.1 Å². The third-order valence-corrected chi connectivity index (χ3v) is 7.41. The smallest absolute Gasteiger partial charge is 0.263 e. The zero-order chi connectivity index (χ0) is 18.2. The monoisotopic (exact) mass is 383 g/mol. The van der Waals surface area contributed by atoms with Crippen LogP contribution in [0.3, 0.4) is 0 Å². The first kappa shape index (κ1) is 17.9. The van der Waals surface area contributed by atoms with Crippen LogP contribution < -0.4 is 4.72 Å². The number of anilines is 1. The molecule has 2 heterocycles. The molecular weight excluding hydrogens is 362 g/mol. The first-order chi connectivity index (χ1) is 11.7. The van der Waals surface area contributed by atoms with Gasteiger partial charge in [-0.2, -0.15) is 5.10 Å². The third kappa shape index (κ3) is 3.87. The summed E-state index contributed by atoms with van der Waals surface area (Å²) in [6.45, 7) is 3.74. The van der Waals surface area contributed by atoms with Gasteiger partial charge in [-0.3, -0.25) is 4.72 Å². The van der Waals surface area contributed by atoms with Gasteiger partial charge in [0.15, 0.2) is 9.84 Å². The lowest BCUT2D eigenvalue weighted by atomic mass is 10.2. The van der Waals surface area contributed by atoms with Gasteiger partial charge < -0.3 is 0 Å². The summed E-state index contributed by atoms with van der Waals surface area (Å²) in [7, 11) is -6.86. The van der Waals surface area contributed by atoms with Gasteiger partial charge in [-0.1, -0.05) is 19.1 Å². The Bertz CT molecular complexity index is 977. The van der Waals surface area contributed by atoms with E-state index in [2.05, 4.69) is 9.82 Å². The lowest BCUT2D eigenvalue weighted by Crippen LogP contribution is -2.20. The highest BCUT2D eigenvalue weighted by molar-refractivity contribution is 7.92. The standard InChI is InChI=1S/C16H21N3O4S2/c1-3-13-4-6-15(7-5-13)25(22,23)18-16-10-12(2)17-19(16)14-8-9-24(20,21)11-14/h4-7,10,14,18H,3,8-9,11H2,1-2H3/t14-/m0/s1. The van der Waals surface area contributed by atoms with E-state index in [1.165, 1.54) is 4.68 Å². The maximum Gasteiger partial charge on any atom is 0.263 e. The average Bonchev–Trinajstić information content (AvgIpc) is 3.08. The SMILES string of the molecule is CCc1ccc(S(=O)(=O)Nc2cc(C)nn2[C@H]2CCS(=O)(=O)C2)cc1. The number of hydrogen-bond donors (Lipinski definition) is 1. The molecule has 1 fully saturated rings. The number of aromatic nitrogens is 2. The summed E-state index contributed by atoms with van der Waals surface area (Å²) in [4.78, 5) is 0.161. The van der Waals surface area contributed by atoms with Crippen molar-refractivity contribution < 1.29 is 16.8 Å². The number of nitrogens with one attached hydrogen (secondary N) is 1. The van der Waals surface area contributed by atoms with E-state index in [1.54, 1.807) is 37.3 Å². The quantitative estimate of drug-likeness (QED) is 0.850. The van der Waals surface area contributed by atoms with Gasteiger partial charge in [0.05, 0.1) is 28.1 Å². The number of sulfone groups is 1. The van der Waals surface area contributed by atoms with Crippen molar-refractivity contribution in [1.82, 2.24) is 9.78 Å². The molecule has 1 atom stereocenters. The van der Waals surface area contributed by atoms with Gasteiger partial charge in [0.1, 0.15) is 5.82 Å². The molecule has 7 nitrogen and oxygen atoms in total. The minimum atomic E-state index is -3.77. The number of aryl methyl sites for hydroxylation is 2. The van der Waals surface area contributed by atoms with Crippen molar-refractivity contribution in [2.75, 3.05) is 16.2 Å². The molecule has 0 radical (unpaired) electrons. The van der Waals surface area contributed by atoms with Crippen LogP contribution >= 0.6 is 0 Å². The Morgan fingerprint density at radius 2 is 1.96 bits per heavy atom. The van der Waals surface area contributed by atoms with Crippen molar-refractivity contribution in [2.45, 2.75) is 37.6 Å². The van der Waals surface area contributed by atoms with Crippen LogP contribution in [-0.4, -0.2) is 38.1 Å². The molecule has 1 aliphatic heterocycles. The Kier molecular flexibility index (Phi) is 4.63. The Morgan fingerprint density at radius 1 is 1.28 bits per heavy atom. The number of benzene rings is 1. The van der Waals surface area contributed by atoms with Crippen molar-refractivity contribution in [1.29, 1.82) is 0 Å². The van der Waals surface area contributed by atoms with E-state index >= 15 is 0 Å². The van der Waals surface area contributed by atoms with E-state index < -0.39 is 19.9 Å². The summed E-state index contributed by atoms with van der Waals surface area (Å²) in [6.07, 6.45) is 1.26. The lowest BCUT2D eigenvalue weighted by molar-refractivity contribution is 0.503. The minimum Gasteiger partial charge on any atom is -0.264 e. The second-order valence-electron chi connectivity index (χ2n) is 6.28. The zero-order valence-corrected chi connectivity index (χ0v) is 15.8. The largest absolute Gasteiger partial charge is 0.264 e. The molecule has 1 aromatic carbocycles. The van der Waals surface area contributed by atoms with Crippen LogP contribution in [0, 0.1) is 6.92 Å². The molecule has 3 rings (SSSR count). The minimum absolute atomic E-state index is 0.0198. The van der Waals surface area contributed by atoms with E-state index in [-0.39, 0.29) is 22.4 Å². The van der Waals surface area contributed by atoms with Gasteiger partial charge in [0.25, 0.3) is 10.0 Å². The molecule has 0 bridgehead atoms. The van der Waals surface area contributed by atoms with Crippen LogP contribution in [0.25, 0.3) is 0 Å². The molecule has 1 aliphatic rings. The molecule has 0 unspecified atom stereocenters. The molecule has 0 amide bonds. The van der Waals surface area contributed by atoms with Gasteiger partial charge in [-0.15, -0.1) is 0 Å². The van der Waals surface area contributed by atoms with E-state index in [9.17, 15) is 16.8 Å². The van der Waals surface area contributed by atoms with Crippen LogP contribution in [0.1, 0.15) is 30.6 Å². The molecule has 9 heteroatoms. The fraction of sp³-hybridized carbons (Fsp3) is 0.438. The van der Waals surface area contributed by atoms with Gasteiger partial charge in [-0.25, -0.2) is 21.5 Å². The molecule has 0 aliphatic carbocycles. The average molecular weight is 383 g/mol. The van der Waals surface area contributed by atoms with Crippen molar-refractivity contribution in [3.05, 3.63) is 41.6 Å². The highest BCUT2D eigenvalue weighted by Crippen LogP contribution is 2.28. The zero-order valence-electron chi connectivity index (χ0n) is 14.1. The summed E-state index contributed by atoms with van der Waals surface area (Å²) < 4.78 is 52.7. The Balaban J connectivity index is 1.89. The molecule has 0 saturated carbocycles. The molecule has 25 heavy (non-hydrogen) atoms. The van der Waals surface area contributed by atoms with Crippen LogP contribution in [-0.2, 0) is 26.3 Å². The predicted molar refractivity (Wildman–Crippen MR) is 95.9 cm³/mol. The molecule has 0 spiro atoms. The summed E-state index contributed by atoms with van der Waals surface area (Å²) in [6, 6.07) is 7.95. The van der Waals surface area contributed by atoms with Crippen LogP contribution in [0.4, 0.5) is 5.82 Å². The number of sulfonamides is 1. The molecule has 1 aromatic heterocycles. The predicted octanol–water partition coefficient (Wildman–Crippen LogP) is 1.91. The van der Waals surface area contributed by atoms with Crippen molar-refractivity contribution in [2.24, 2.45) is 0 Å². The van der Waals surface area contributed by atoms with Crippen molar-refractivity contribution in [3.63, 3.8) is 0 Å². The lowest BCUT2D eigenvalue weighted by Gasteiger charge is -2.14. The molecule has 1 saturated heterocycles. The van der Waals surface area contributed by atoms with Crippen molar-refractivity contribution in [3.8, 4) is 0 Å². The first-order valence-corrected chi connectivity index (χ1v) is 11.4. The number of hydrogen-bond acceptors (Lipinski definition) is 5. The van der Waals surface area contributed by atoms with Gasteiger partial charge >= 0.3 is 0 Å². The first-order valence-electron chi connectivity index (χ1n) is 8.08. The van der Waals surface area contributed by atoms with Gasteiger partial charge in [0.2, 0.25) is 0 Å². The Labute approximate surface area is 148 Å². The molecular formula is C16H21N3O4S2. The summed E-state index contributed by atoms with van der Waals surface area (Å²) in [5.41, 5.74) is 1.68. The Morgan fingerprint density at radius 3 is 2.52 bits per heavy atom. The summed E-state index contributed by atoms with van der Waals surface area (Å²) >= 11 is 0. The van der Waals surface area contributed by atoms with E-state index in [0.29, 0.717) is 17.9 Å². The highest BCUT2D eigenvalue weighted by Gasteiger charge is 2.32. The second kappa shape index (κ2) is 6.45. The molecule has 136 valence electrons. The summed E-state index contributed by atoms with van der Waals surface area (Å²) in [5.74, 6) is 0.370. The molecule has 1 N–H and O–H groups in total. The van der Waals surface area contributed by atoms with Crippen LogP contribution in [0.2, 0.25) is 0 Å². The Hall–Kier alpha value is -1.87. The van der Waals surface area contributed by atoms with Crippen LogP contribution in [0.15, 0.2) is 35.2 Å². The van der Waals surface area contributed by atoms with Gasteiger partial charge in [0, 0.05) is 6.07 Å². The van der Waals surface area contributed by atoms with Crippen LogP contribution in [0.5, 0.6) is 0 Å². The van der Waals surface area contributed by atoms with E-state index in [4.69, 9.17) is 0 Å². The third-order valence-electron chi connectivity index (χ3n) is 4.29. The van der Waals surface area contributed by atoms with Crippen molar-refractivity contribution >= 4 is 25.7 Å². The van der Waals surface area contributed by atoms with Gasteiger partial charge in [-0.05, 0) is 37.5 Å². The van der Waals surface area contributed by atoms with E-state index in [1.807, 2.05) is 6.92 Å².